The number of rotatable bonds is 5. The number of halogens is 1. The first-order valence-corrected chi connectivity index (χ1v) is 13.0. The van der Waals surface area contributed by atoms with Gasteiger partial charge in [-0.25, -0.2) is 19.3 Å². The third-order valence-corrected chi connectivity index (χ3v) is 7.12. The van der Waals surface area contributed by atoms with Crippen LogP contribution < -0.4 is 19.8 Å². The molecule has 3 aromatic heterocycles. The van der Waals surface area contributed by atoms with Crippen LogP contribution in [0.1, 0.15) is 29.5 Å². The standard InChI is InChI=1S/C30H21ClN4O5/c1-3-38-18-11-8-16(9-12-18)23-24-26(19-6-4-5-7-22(19)39-30(24)36)40-29-25(23)28-33-27(34-35(28)15-32-29)20-14-17(31)10-13-21(20)37-2/h4-15,23H,3H2,1-2H3. The molecule has 0 spiro atoms. The Morgan fingerprint density at radius 3 is 2.67 bits per heavy atom. The van der Waals surface area contributed by atoms with E-state index in [1.165, 1.54) is 6.33 Å². The van der Waals surface area contributed by atoms with Crippen LogP contribution in [0, 0.1) is 0 Å². The number of para-hydroxylation sites is 1. The smallest absolute Gasteiger partial charge is 0.344 e. The van der Waals surface area contributed by atoms with Gasteiger partial charge >= 0.3 is 5.63 Å². The average Bonchev–Trinajstić information content (AvgIpc) is 3.41. The highest BCUT2D eigenvalue weighted by molar-refractivity contribution is 6.30. The van der Waals surface area contributed by atoms with Crippen LogP contribution in [0.4, 0.5) is 0 Å². The number of methoxy groups -OCH3 is 1. The maximum Gasteiger partial charge on any atom is 0.344 e. The minimum Gasteiger partial charge on any atom is -0.496 e. The Balaban J connectivity index is 1.51. The minimum atomic E-state index is -0.607. The first kappa shape index (κ1) is 24.2. The molecule has 0 fully saturated rings. The molecule has 198 valence electrons. The predicted molar refractivity (Wildman–Crippen MR) is 149 cm³/mol. The molecule has 9 nitrogen and oxygen atoms in total. The van der Waals surface area contributed by atoms with Crippen LogP contribution >= 0.6 is 11.6 Å². The molecule has 3 aromatic carbocycles. The summed E-state index contributed by atoms with van der Waals surface area (Å²) in [4.78, 5) is 23.0. The zero-order valence-corrected chi connectivity index (χ0v) is 22.2. The van der Waals surface area contributed by atoms with E-state index in [-0.39, 0.29) is 0 Å². The van der Waals surface area contributed by atoms with Gasteiger partial charge in [0.15, 0.2) is 17.2 Å². The SMILES string of the molecule is CCOc1ccc(C2c3c(c4ccccc4oc3=O)Oc3ncn4nc(-c5cc(Cl)ccc5OC)nc4c32)cc1. The van der Waals surface area contributed by atoms with Crippen LogP contribution in [0.25, 0.3) is 28.0 Å². The average molecular weight is 553 g/mol. The van der Waals surface area contributed by atoms with Crippen molar-refractivity contribution in [3.63, 3.8) is 0 Å². The quantitative estimate of drug-likeness (QED) is 0.231. The van der Waals surface area contributed by atoms with Crippen molar-refractivity contribution in [3.05, 3.63) is 105 Å². The van der Waals surface area contributed by atoms with Gasteiger partial charge in [0, 0.05) is 5.02 Å². The predicted octanol–water partition coefficient (Wildman–Crippen LogP) is 6.24. The fraction of sp³-hybridized carbons (Fsp3) is 0.133. The molecule has 0 bridgehead atoms. The van der Waals surface area contributed by atoms with Crippen molar-refractivity contribution in [2.75, 3.05) is 13.7 Å². The molecule has 1 aliphatic heterocycles. The molecule has 1 aliphatic rings. The Bertz CT molecular complexity index is 1980. The second-order valence-electron chi connectivity index (χ2n) is 9.18. The first-order chi connectivity index (χ1) is 19.6. The summed E-state index contributed by atoms with van der Waals surface area (Å²) in [5.74, 6) is 1.80. The molecule has 1 atom stereocenters. The van der Waals surface area contributed by atoms with Crippen molar-refractivity contribution < 1.29 is 18.6 Å². The largest absolute Gasteiger partial charge is 0.496 e. The summed E-state index contributed by atoms with van der Waals surface area (Å²) in [6.07, 6.45) is 1.54. The molecule has 6 aromatic rings. The first-order valence-electron chi connectivity index (χ1n) is 12.6. The molecule has 40 heavy (non-hydrogen) atoms. The maximum absolute atomic E-state index is 13.6. The van der Waals surface area contributed by atoms with E-state index in [4.69, 9.17) is 35.2 Å². The van der Waals surface area contributed by atoms with Gasteiger partial charge in [-0.15, -0.1) is 5.10 Å². The van der Waals surface area contributed by atoms with Crippen LogP contribution in [-0.4, -0.2) is 33.3 Å². The second kappa shape index (κ2) is 9.39. The Hall–Kier alpha value is -4.89. The van der Waals surface area contributed by atoms with Crippen LogP contribution in [0.5, 0.6) is 23.1 Å². The lowest BCUT2D eigenvalue weighted by atomic mass is 9.84. The highest BCUT2D eigenvalue weighted by Gasteiger charge is 2.37. The van der Waals surface area contributed by atoms with Crippen molar-refractivity contribution in [2.24, 2.45) is 0 Å². The van der Waals surface area contributed by atoms with Gasteiger partial charge in [0.2, 0.25) is 5.88 Å². The van der Waals surface area contributed by atoms with Crippen molar-refractivity contribution in [3.8, 4) is 34.5 Å². The molecule has 10 heteroatoms. The van der Waals surface area contributed by atoms with Gasteiger partial charge in [-0.3, -0.25) is 0 Å². The van der Waals surface area contributed by atoms with E-state index in [1.807, 2.05) is 49.4 Å². The molecule has 0 N–H and O–H groups in total. The van der Waals surface area contributed by atoms with Crippen molar-refractivity contribution >= 4 is 28.2 Å². The molecule has 0 amide bonds. The van der Waals surface area contributed by atoms with Crippen LogP contribution in [0.15, 0.2) is 82.3 Å². The lowest BCUT2D eigenvalue weighted by Gasteiger charge is -2.27. The number of hydrogen-bond donors (Lipinski definition) is 0. The van der Waals surface area contributed by atoms with Crippen molar-refractivity contribution in [2.45, 2.75) is 12.8 Å². The highest BCUT2D eigenvalue weighted by Crippen LogP contribution is 2.49. The summed E-state index contributed by atoms with van der Waals surface area (Å²) >= 11 is 6.29. The zero-order chi connectivity index (χ0) is 27.4. The summed E-state index contributed by atoms with van der Waals surface area (Å²) in [6.45, 7) is 2.47. The summed E-state index contributed by atoms with van der Waals surface area (Å²) in [5, 5.41) is 5.85. The molecular weight excluding hydrogens is 532 g/mol. The third kappa shape index (κ3) is 3.77. The summed E-state index contributed by atoms with van der Waals surface area (Å²) in [7, 11) is 1.57. The van der Waals surface area contributed by atoms with Crippen LogP contribution in [0.3, 0.4) is 0 Å². The lowest BCUT2D eigenvalue weighted by molar-refractivity contribution is 0.340. The number of aromatic nitrogens is 4. The molecule has 4 heterocycles. The van der Waals surface area contributed by atoms with Crippen LogP contribution in [0.2, 0.25) is 5.02 Å². The molecule has 0 aliphatic carbocycles. The van der Waals surface area contributed by atoms with Gasteiger partial charge in [-0.05, 0) is 55.0 Å². The maximum atomic E-state index is 13.6. The summed E-state index contributed by atoms with van der Waals surface area (Å²) in [6, 6.07) is 20.1. The normalized spacial score (nSPS) is 14.0. The fourth-order valence-corrected chi connectivity index (χ4v) is 5.33. The van der Waals surface area contributed by atoms with Gasteiger partial charge in [0.25, 0.3) is 0 Å². The molecule has 0 radical (unpaired) electrons. The molecule has 1 unspecified atom stereocenters. The highest BCUT2D eigenvalue weighted by atomic mass is 35.5. The Morgan fingerprint density at radius 1 is 1.05 bits per heavy atom. The van der Waals surface area contributed by atoms with Gasteiger partial charge in [-0.2, -0.15) is 0 Å². The van der Waals surface area contributed by atoms with E-state index in [2.05, 4.69) is 10.1 Å². The topological polar surface area (TPSA) is 101 Å². The number of benzene rings is 3. The monoisotopic (exact) mass is 552 g/mol. The van der Waals surface area contributed by atoms with Crippen molar-refractivity contribution in [1.29, 1.82) is 0 Å². The summed E-state index contributed by atoms with van der Waals surface area (Å²) < 4.78 is 24.9. The van der Waals surface area contributed by atoms with E-state index in [0.717, 1.165) is 11.3 Å². The summed E-state index contributed by atoms with van der Waals surface area (Å²) in [5.41, 5.74) is 2.77. The number of fused-ring (bicyclic) bond motifs is 6. The van der Waals surface area contributed by atoms with E-state index < -0.39 is 11.5 Å². The fourth-order valence-electron chi connectivity index (χ4n) is 5.15. The molecule has 0 saturated carbocycles. The van der Waals surface area contributed by atoms with E-state index in [1.54, 1.807) is 35.9 Å². The Labute approximate surface area is 232 Å². The molecule has 7 rings (SSSR count). The molecular formula is C30H21ClN4O5. The second-order valence-corrected chi connectivity index (χ2v) is 9.61. The third-order valence-electron chi connectivity index (χ3n) is 6.89. The van der Waals surface area contributed by atoms with E-state index in [9.17, 15) is 4.79 Å². The number of ether oxygens (including phenoxy) is 3. The lowest BCUT2D eigenvalue weighted by Crippen LogP contribution is -2.22. The van der Waals surface area contributed by atoms with E-state index in [0.29, 0.717) is 68.1 Å². The van der Waals surface area contributed by atoms with Gasteiger partial charge in [0.1, 0.15) is 23.4 Å². The van der Waals surface area contributed by atoms with Gasteiger partial charge < -0.3 is 18.6 Å². The van der Waals surface area contributed by atoms with Gasteiger partial charge in [-0.1, -0.05) is 35.9 Å². The Morgan fingerprint density at radius 2 is 1.88 bits per heavy atom. The zero-order valence-electron chi connectivity index (χ0n) is 21.4. The van der Waals surface area contributed by atoms with Crippen molar-refractivity contribution in [1.82, 2.24) is 19.6 Å². The number of hydrogen-bond acceptors (Lipinski definition) is 8. The number of nitrogens with zero attached hydrogens (tertiary/aromatic N) is 4. The van der Waals surface area contributed by atoms with E-state index >= 15 is 0 Å². The van der Waals surface area contributed by atoms with Crippen LogP contribution in [-0.2, 0) is 0 Å². The minimum absolute atomic E-state index is 0.326. The Kier molecular flexibility index (Phi) is 5.67. The van der Waals surface area contributed by atoms with Gasteiger partial charge in [0.05, 0.1) is 41.7 Å². The molecule has 0 saturated heterocycles.